The zero-order chi connectivity index (χ0) is 32.0. The Kier molecular flexibility index (Phi) is 9.88. The fourth-order valence-electron chi connectivity index (χ4n) is 5.53. The Morgan fingerprint density at radius 1 is 1.00 bits per heavy atom. The molecule has 1 fully saturated rings. The van der Waals surface area contributed by atoms with Crippen LogP contribution in [0.15, 0.2) is 84.9 Å². The molecule has 1 atom stereocenters. The van der Waals surface area contributed by atoms with E-state index in [-0.39, 0.29) is 18.6 Å². The molecule has 0 bridgehead atoms. The van der Waals surface area contributed by atoms with Gasteiger partial charge in [0, 0.05) is 5.56 Å². The van der Waals surface area contributed by atoms with Crippen molar-refractivity contribution in [2.24, 2.45) is 5.92 Å². The van der Waals surface area contributed by atoms with Gasteiger partial charge in [-0.2, -0.15) is 5.10 Å². The standard InChI is InChI=1S/C36H41N3O6/c1-24(2)33(37-35(41)44-23-26-8-6-5-7-9-26)34(40)45-30-18-20-36(42,21-19-30)32-22-31(27-12-10-25(3)11-13-27)39(38-32)28-14-16-29(43-4)17-15-28/h5-17,22,24,30,33,42H,18-21,23H2,1-4H3,(H,37,41)/t30-,33-,36-/m0/s1. The number of esters is 1. The molecule has 1 saturated carbocycles. The summed E-state index contributed by atoms with van der Waals surface area (Å²) in [6.45, 7) is 5.83. The number of alkyl carbamates (subject to hydrolysis) is 1. The van der Waals surface area contributed by atoms with Crippen LogP contribution >= 0.6 is 0 Å². The third-order valence-electron chi connectivity index (χ3n) is 8.30. The van der Waals surface area contributed by atoms with Crippen LogP contribution in [0.1, 0.15) is 56.4 Å². The highest BCUT2D eigenvalue weighted by molar-refractivity contribution is 5.81. The summed E-state index contributed by atoms with van der Waals surface area (Å²) in [4.78, 5) is 25.6. The highest BCUT2D eigenvalue weighted by atomic mass is 16.6. The van der Waals surface area contributed by atoms with Gasteiger partial charge in [0.05, 0.1) is 24.2 Å². The summed E-state index contributed by atoms with van der Waals surface area (Å²) < 4.78 is 18.3. The van der Waals surface area contributed by atoms with Gasteiger partial charge in [-0.25, -0.2) is 14.3 Å². The maximum absolute atomic E-state index is 13.1. The first-order valence-electron chi connectivity index (χ1n) is 15.4. The number of aromatic nitrogens is 2. The van der Waals surface area contributed by atoms with E-state index in [1.54, 1.807) is 7.11 Å². The van der Waals surface area contributed by atoms with Crippen LogP contribution < -0.4 is 10.1 Å². The number of aliphatic hydroxyl groups is 1. The summed E-state index contributed by atoms with van der Waals surface area (Å²) in [6, 6.07) is 26.3. The van der Waals surface area contributed by atoms with Gasteiger partial charge < -0.3 is 24.6 Å². The first-order valence-corrected chi connectivity index (χ1v) is 15.4. The number of benzene rings is 3. The van der Waals surface area contributed by atoms with Crippen LogP contribution in [0.5, 0.6) is 5.75 Å². The summed E-state index contributed by atoms with van der Waals surface area (Å²) >= 11 is 0. The highest BCUT2D eigenvalue weighted by Gasteiger charge is 2.40. The number of carbonyl (C=O) groups excluding carboxylic acids is 2. The molecule has 2 N–H and O–H groups in total. The molecule has 0 aliphatic heterocycles. The minimum Gasteiger partial charge on any atom is -0.497 e. The number of hydrogen-bond acceptors (Lipinski definition) is 7. The number of aryl methyl sites for hydroxylation is 1. The van der Waals surface area contributed by atoms with Crippen LogP contribution in [0, 0.1) is 12.8 Å². The van der Waals surface area contributed by atoms with Crippen LogP contribution in [0.2, 0.25) is 0 Å². The Morgan fingerprint density at radius 3 is 2.29 bits per heavy atom. The number of amides is 1. The molecule has 0 spiro atoms. The number of hydrogen-bond donors (Lipinski definition) is 2. The lowest BCUT2D eigenvalue weighted by Gasteiger charge is -2.35. The number of nitrogens with zero attached hydrogens (tertiary/aromatic N) is 2. The van der Waals surface area contributed by atoms with Crippen LogP contribution in [0.3, 0.4) is 0 Å². The second-order valence-corrected chi connectivity index (χ2v) is 12.0. The van der Waals surface area contributed by atoms with E-state index in [4.69, 9.17) is 19.3 Å². The summed E-state index contributed by atoms with van der Waals surface area (Å²) in [5.41, 5.74) is 4.08. The van der Waals surface area contributed by atoms with Crippen LogP contribution in [-0.2, 0) is 26.5 Å². The quantitative estimate of drug-likeness (QED) is 0.197. The van der Waals surface area contributed by atoms with E-state index in [0.29, 0.717) is 31.4 Å². The first-order chi connectivity index (χ1) is 21.6. The molecule has 5 rings (SSSR count). The summed E-state index contributed by atoms with van der Waals surface area (Å²) in [5.74, 6) is 0.0282. The van der Waals surface area contributed by atoms with Crippen molar-refractivity contribution in [1.29, 1.82) is 0 Å². The lowest BCUT2D eigenvalue weighted by molar-refractivity contribution is -0.157. The number of rotatable bonds is 10. The highest BCUT2D eigenvalue weighted by Crippen LogP contribution is 2.40. The van der Waals surface area contributed by atoms with E-state index in [1.165, 1.54) is 0 Å². The smallest absolute Gasteiger partial charge is 0.408 e. The number of nitrogens with one attached hydrogen (secondary N) is 1. The van der Waals surface area contributed by atoms with Gasteiger partial charge in [0.15, 0.2) is 0 Å². The zero-order valence-electron chi connectivity index (χ0n) is 26.2. The van der Waals surface area contributed by atoms with Gasteiger partial charge in [0.1, 0.15) is 30.1 Å². The maximum Gasteiger partial charge on any atom is 0.408 e. The second-order valence-electron chi connectivity index (χ2n) is 12.0. The van der Waals surface area contributed by atoms with Crippen molar-refractivity contribution < 1.29 is 28.9 Å². The van der Waals surface area contributed by atoms with E-state index in [2.05, 4.69) is 17.4 Å². The molecule has 1 amide bonds. The minimum absolute atomic E-state index is 0.105. The van der Waals surface area contributed by atoms with E-state index in [1.807, 2.05) is 98.2 Å². The van der Waals surface area contributed by atoms with Crippen LogP contribution in [-0.4, -0.2) is 46.2 Å². The predicted molar refractivity (Wildman–Crippen MR) is 171 cm³/mol. The van der Waals surface area contributed by atoms with Crippen molar-refractivity contribution in [2.75, 3.05) is 7.11 Å². The summed E-state index contributed by atoms with van der Waals surface area (Å²) in [6.07, 6.45) is 0.598. The molecule has 0 unspecified atom stereocenters. The largest absolute Gasteiger partial charge is 0.497 e. The monoisotopic (exact) mass is 611 g/mol. The lowest BCUT2D eigenvalue weighted by Crippen LogP contribution is -2.47. The van der Waals surface area contributed by atoms with Crippen LogP contribution in [0.25, 0.3) is 16.9 Å². The van der Waals surface area contributed by atoms with Gasteiger partial charge in [-0.3, -0.25) is 0 Å². The zero-order valence-corrected chi connectivity index (χ0v) is 26.2. The van der Waals surface area contributed by atoms with Crippen molar-refractivity contribution in [1.82, 2.24) is 15.1 Å². The normalized spacial score (nSPS) is 18.7. The molecular weight excluding hydrogens is 570 g/mol. The Bertz CT molecular complexity index is 1570. The molecule has 45 heavy (non-hydrogen) atoms. The van der Waals surface area contributed by atoms with E-state index in [0.717, 1.165) is 33.8 Å². The van der Waals surface area contributed by atoms with Gasteiger partial charge in [-0.05, 0) is 74.4 Å². The average Bonchev–Trinajstić information content (AvgIpc) is 3.51. The van der Waals surface area contributed by atoms with Crippen molar-refractivity contribution in [2.45, 2.75) is 70.8 Å². The topological polar surface area (TPSA) is 112 Å². The molecule has 0 saturated heterocycles. The van der Waals surface area contributed by atoms with E-state index >= 15 is 0 Å². The fraction of sp³-hybridized carbons (Fsp3) is 0.361. The number of methoxy groups -OCH3 is 1. The third kappa shape index (κ3) is 7.72. The maximum atomic E-state index is 13.1. The molecule has 1 aromatic heterocycles. The van der Waals surface area contributed by atoms with Crippen molar-refractivity contribution in [3.63, 3.8) is 0 Å². The Labute approximate surface area is 264 Å². The van der Waals surface area contributed by atoms with Crippen molar-refractivity contribution in [3.8, 4) is 22.7 Å². The van der Waals surface area contributed by atoms with Gasteiger partial charge in [-0.15, -0.1) is 0 Å². The van der Waals surface area contributed by atoms with Crippen LogP contribution in [0.4, 0.5) is 4.79 Å². The molecule has 3 aromatic carbocycles. The number of carbonyl (C=O) groups is 2. The molecule has 9 heteroatoms. The average molecular weight is 612 g/mol. The fourth-order valence-corrected chi connectivity index (χ4v) is 5.53. The van der Waals surface area contributed by atoms with Crippen molar-refractivity contribution in [3.05, 3.63) is 102 Å². The first kappa shape index (κ1) is 31.8. The third-order valence-corrected chi connectivity index (χ3v) is 8.30. The van der Waals surface area contributed by atoms with Crippen molar-refractivity contribution >= 4 is 12.1 Å². The molecule has 4 aromatic rings. The Morgan fingerprint density at radius 2 is 1.67 bits per heavy atom. The molecule has 1 heterocycles. The molecule has 0 radical (unpaired) electrons. The Hall–Kier alpha value is -4.63. The number of ether oxygens (including phenoxy) is 3. The van der Waals surface area contributed by atoms with Gasteiger partial charge in [0.25, 0.3) is 0 Å². The molecule has 1 aliphatic carbocycles. The summed E-state index contributed by atoms with van der Waals surface area (Å²) in [7, 11) is 1.63. The molecule has 9 nitrogen and oxygen atoms in total. The molecule has 1 aliphatic rings. The predicted octanol–water partition coefficient (Wildman–Crippen LogP) is 6.48. The molecular formula is C36H41N3O6. The minimum atomic E-state index is -1.18. The lowest BCUT2D eigenvalue weighted by atomic mass is 9.81. The van der Waals surface area contributed by atoms with E-state index < -0.39 is 23.7 Å². The summed E-state index contributed by atoms with van der Waals surface area (Å²) in [5, 5.41) is 19.4. The van der Waals surface area contributed by atoms with Gasteiger partial charge >= 0.3 is 12.1 Å². The van der Waals surface area contributed by atoms with E-state index in [9.17, 15) is 14.7 Å². The SMILES string of the molecule is COc1ccc(-n2nc([C@]3(O)CC[C@H](OC(=O)[C@@H](NC(=O)OCc4ccccc4)C(C)C)CC3)cc2-c2ccc(C)cc2)cc1. The second kappa shape index (κ2) is 14.0. The Balaban J connectivity index is 1.25. The molecule has 236 valence electrons. The van der Waals surface area contributed by atoms with Gasteiger partial charge in [-0.1, -0.05) is 74.0 Å². The van der Waals surface area contributed by atoms with Gasteiger partial charge in [0.2, 0.25) is 0 Å².